The van der Waals surface area contributed by atoms with Gasteiger partial charge in [-0.3, -0.25) is 0 Å². The van der Waals surface area contributed by atoms with Gasteiger partial charge in [0.25, 0.3) is 0 Å². The Morgan fingerprint density at radius 2 is 1.94 bits per heavy atom. The summed E-state index contributed by atoms with van der Waals surface area (Å²) in [6.07, 6.45) is 5.32. The lowest BCUT2D eigenvalue weighted by molar-refractivity contribution is 0.172. The summed E-state index contributed by atoms with van der Waals surface area (Å²) in [5.41, 5.74) is 1.50. The third-order valence-electron chi connectivity index (χ3n) is 4.08. The summed E-state index contributed by atoms with van der Waals surface area (Å²) in [4.78, 5) is 8.26. The lowest BCUT2D eigenvalue weighted by Crippen LogP contribution is -2.47. The minimum atomic E-state index is 0.341. The SMILES string of the molecule is Cc1nc(NCC2(N(C)C)CCCC2)sc1C. The Labute approximate surface area is 108 Å². The van der Waals surface area contributed by atoms with Crippen LogP contribution < -0.4 is 5.32 Å². The predicted octanol–water partition coefficient (Wildman–Crippen LogP) is 3.05. The molecule has 96 valence electrons. The molecule has 0 atom stereocenters. The van der Waals surface area contributed by atoms with Gasteiger partial charge in [-0.1, -0.05) is 12.8 Å². The number of nitrogens with zero attached hydrogens (tertiary/aromatic N) is 2. The van der Waals surface area contributed by atoms with Crippen molar-refractivity contribution in [3.63, 3.8) is 0 Å². The molecule has 3 nitrogen and oxygen atoms in total. The smallest absolute Gasteiger partial charge is 0.183 e. The molecule has 0 aromatic carbocycles. The second-order valence-corrected chi connectivity index (χ2v) is 6.54. The lowest BCUT2D eigenvalue weighted by Gasteiger charge is -2.36. The standard InChI is InChI=1S/C13H23N3S/c1-10-11(2)17-12(15-10)14-9-13(16(3)4)7-5-6-8-13/h5-9H2,1-4H3,(H,14,15). The van der Waals surface area contributed by atoms with Crippen molar-refractivity contribution in [3.05, 3.63) is 10.6 Å². The van der Waals surface area contributed by atoms with Crippen LogP contribution in [0.1, 0.15) is 36.3 Å². The van der Waals surface area contributed by atoms with Crippen LogP contribution in [0.15, 0.2) is 0 Å². The molecule has 1 saturated carbocycles. The minimum Gasteiger partial charge on any atom is -0.360 e. The van der Waals surface area contributed by atoms with E-state index in [0.717, 1.165) is 17.4 Å². The number of aryl methyl sites for hydroxylation is 2. The van der Waals surface area contributed by atoms with Gasteiger partial charge in [-0.25, -0.2) is 4.98 Å². The van der Waals surface area contributed by atoms with Crippen molar-refractivity contribution in [2.45, 2.75) is 45.1 Å². The molecule has 0 bridgehead atoms. The molecule has 1 aromatic rings. The molecular weight excluding hydrogens is 230 g/mol. The van der Waals surface area contributed by atoms with Crippen LogP contribution in [0.3, 0.4) is 0 Å². The van der Waals surface area contributed by atoms with Crippen LogP contribution in [0.4, 0.5) is 5.13 Å². The van der Waals surface area contributed by atoms with E-state index < -0.39 is 0 Å². The maximum Gasteiger partial charge on any atom is 0.183 e. The molecule has 0 aliphatic heterocycles. The predicted molar refractivity (Wildman–Crippen MR) is 75.0 cm³/mol. The quantitative estimate of drug-likeness (QED) is 0.894. The molecule has 1 heterocycles. The van der Waals surface area contributed by atoms with Crippen LogP contribution in [-0.2, 0) is 0 Å². The van der Waals surface area contributed by atoms with E-state index in [1.165, 1.54) is 30.6 Å². The third kappa shape index (κ3) is 2.63. The molecule has 1 aliphatic rings. The molecule has 1 fully saturated rings. The third-order valence-corrected chi connectivity index (χ3v) is 5.11. The summed E-state index contributed by atoms with van der Waals surface area (Å²) in [5, 5.41) is 4.61. The number of nitrogens with one attached hydrogen (secondary N) is 1. The average Bonchev–Trinajstić information content (AvgIpc) is 2.85. The summed E-state index contributed by atoms with van der Waals surface area (Å²) < 4.78 is 0. The summed E-state index contributed by atoms with van der Waals surface area (Å²) >= 11 is 1.77. The monoisotopic (exact) mass is 253 g/mol. The maximum atomic E-state index is 4.55. The summed E-state index contributed by atoms with van der Waals surface area (Å²) in [6, 6.07) is 0. The molecule has 1 aliphatic carbocycles. The van der Waals surface area contributed by atoms with Crippen molar-refractivity contribution in [2.24, 2.45) is 0 Å². The van der Waals surface area contributed by atoms with Gasteiger partial charge in [-0.05, 0) is 40.8 Å². The Hall–Kier alpha value is -0.610. The zero-order valence-corrected chi connectivity index (χ0v) is 12.2. The van der Waals surface area contributed by atoms with Gasteiger partial charge in [-0.2, -0.15) is 0 Å². The van der Waals surface area contributed by atoms with Crippen molar-refractivity contribution in [1.82, 2.24) is 9.88 Å². The van der Waals surface area contributed by atoms with Crippen LogP contribution >= 0.6 is 11.3 Å². The fourth-order valence-electron chi connectivity index (χ4n) is 2.60. The van der Waals surface area contributed by atoms with Gasteiger partial charge >= 0.3 is 0 Å². The van der Waals surface area contributed by atoms with E-state index >= 15 is 0 Å². The van der Waals surface area contributed by atoms with Crippen molar-refractivity contribution >= 4 is 16.5 Å². The van der Waals surface area contributed by atoms with Crippen molar-refractivity contribution in [3.8, 4) is 0 Å². The fourth-order valence-corrected chi connectivity index (χ4v) is 3.41. The van der Waals surface area contributed by atoms with Crippen LogP contribution in [0, 0.1) is 13.8 Å². The highest BCUT2D eigenvalue weighted by Gasteiger charge is 2.35. The number of rotatable bonds is 4. The first-order valence-electron chi connectivity index (χ1n) is 6.39. The molecule has 0 spiro atoms. The molecule has 0 saturated heterocycles. The number of likely N-dealkylation sites (N-methyl/N-ethyl adjacent to an activating group) is 1. The van der Waals surface area contributed by atoms with Crippen LogP contribution in [-0.4, -0.2) is 36.1 Å². The molecule has 0 radical (unpaired) electrons. The molecule has 2 rings (SSSR count). The second-order valence-electron chi connectivity index (χ2n) is 5.34. The van der Waals surface area contributed by atoms with Crippen LogP contribution in [0.25, 0.3) is 0 Å². The van der Waals surface area contributed by atoms with Crippen molar-refractivity contribution < 1.29 is 0 Å². The highest BCUT2D eigenvalue weighted by atomic mass is 32.1. The molecule has 4 heteroatoms. The van der Waals surface area contributed by atoms with E-state index in [9.17, 15) is 0 Å². The van der Waals surface area contributed by atoms with Gasteiger partial charge in [0, 0.05) is 17.0 Å². The van der Waals surface area contributed by atoms with Gasteiger partial charge in [-0.15, -0.1) is 11.3 Å². The van der Waals surface area contributed by atoms with E-state index in [1.807, 2.05) is 0 Å². The average molecular weight is 253 g/mol. The van der Waals surface area contributed by atoms with Gasteiger partial charge in [0.15, 0.2) is 5.13 Å². The first kappa shape index (κ1) is 12.8. The molecule has 0 unspecified atom stereocenters. The molecular formula is C13H23N3S. The number of aromatic nitrogens is 1. The molecule has 1 N–H and O–H groups in total. The van der Waals surface area contributed by atoms with E-state index in [2.05, 4.69) is 43.1 Å². The van der Waals surface area contributed by atoms with Gasteiger partial charge < -0.3 is 10.2 Å². The Kier molecular flexibility index (Phi) is 3.73. The normalized spacial score (nSPS) is 18.9. The molecule has 17 heavy (non-hydrogen) atoms. The first-order valence-corrected chi connectivity index (χ1v) is 7.20. The maximum absolute atomic E-state index is 4.55. The Morgan fingerprint density at radius 1 is 1.29 bits per heavy atom. The summed E-state index contributed by atoms with van der Waals surface area (Å²) in [7, 11) is 4.40. The highest BCUT2D eigenvalue weighted by Crippen LogP contribution is 2.34. The van der Waals surface area contributed by atoms with E-state index in [1.54, 1.807) is 11.3 Å². The zero-order chi connectivity index (χ0) is 12.5. The van der Waals surface area contributed by atoms with Crippen LogP contribution in [0.5, 0.6) is 0 Å². The number of hydrogen-bond acceptors (Lipinski definition) is 4. The topological polar surface area (TPSA) is 28.2 Å². The largest absolute Gasteiger partial charge is 0.360 e. The van der Waals surface area contributed by atoms with Gasteiger partial charge in [0.1, 0.15) is 0 Å². The minimum absolute atomic E-state index is 0.341. The molecule has 1 aromatic heterocycles. The first-order chi connectivity index (χ1) is 8.03. The zero-order valence-electron chi connectivity index (χ0n) is 11.3. The molecule has 0 amide bonds. The highest BCUT2D eigenvalue weighted by molar-refractivity contribution is 7.15. The van der Waals surface area contributed by atoms with E-state index in [-0.39, 0.29) is 0 Å². The fraction of sp³-hybridized carbons (Fsp3) is 0.769. The number of anilines is 1. The van der Waals surface area contributed by atoms with Crippen molar-refractivity contribution in [2.75, 3.05) is 26.0 Å². The Balaban J connectivity index is 2.00. The Morgan fingerprint density at radius 3 is 2.41 bits per heavy atom. The van der Waals surface area contributed by atoms with E-state index in [4.69, 9.17) is 0 Å². The van der Waals surface area contributed by atoms with Crippen LogP contribution in [0.2, 0.25) is 0 Å². The second kappa shape index (κ2) is 4.94. The van der Waals surface area contributed by atoms with Crippen molar-refractivity contribution in [1.29, 1.82) is 0 Å². The number of hydrogen-bond donors (Lipinski definition) is 1. The Bertz CT molecular complexity index is 359. The van der Waals surface area contributed by atoms with E-state index in [0.29, 0.717) is 5.54 Å². The summed E-state index contributed by atoms with van der Waals surface area (Å²) in [6.45, 7) is 5.23. The van der Waals surface area contributed by atoms with Gasteiger partial charge in [0.2, 0.25) is 0 Å². The number of thiazole rings is 1. The van der Waals surface area contributed by atoms with Gasteiger partial charge in [0.05, 0.1) is 5.69 Å². The summed E-state index contributed by atoms with van der Waals surface area (Å²) in [5.74, 6) is 0. The lowest BCUT2D eigenvalue weighted by atomic mass is 9.96.